The van der Waals surface area contributed by atoms with E-state index < -0.39 is 21.0 Å². The van der Waals surface area contributed by atoms with Gasteiger partial charge in [-0.25, -0.2) is 8.42 Å². The number of aryl methyl sites for hydroxylation is 2. The van der Waals surface area contributed by atoms with Gasteiger partial charge in [-0.3, -0.25) is 14.4 Å². The Bertz CT molecular complexity index is 840. The van der Waals surface area contributed by atoms with Crippen LogP contribution in [0.1, 0.15) is 17.4 Å². The average molecular weight is 384 g/mol. The Hall–Kier alpha value is -1.97. The summed E-state index contributed by atoms with van der Waals surface area (Å²) in [6, 6.07) is 4.48. The zero-order chi connectivity index (χ0) is 18.8. The lowest BCUT2D eigenvalue weighted by Crippen LogP contribution is -2.41. The smallest absolute Gasteiger partial charge is 0.269 e. The molecule has 0 fully saturated rings. The summed E-state index contributed by atoms with van der Waals surface area (Å²) >= 11 is 1.48. The molecule has 0 spiro atoms. The molecule has 0 aliphatic rings. The quantitative estimate of drug-likeness (QED) is 0.538. The number of hydrogen-bond donors (Lipinski definition) is 0. The lowest BCUT2D eigenvalue weighted by Gasteiger charge is -2.31. The third-order valence-corrected chi connectivity index (χ3v) is 6.70. The predicted octanol–water partition coefficient (Wildman–Crippen LogP) is 3.50. The maximum atomic E-state index is 13.2. The second-order valence-corrected chi connectivity index (χ2v) is 8.58. The molecule has 0 N–H and O–H groups in total. The van der Waals surface area contributed by atoms with Crippen molar-refractivity contribution in [3.63, 3.8) is 0 Å². The van der Waals surface area contributed by atoms with Gasteiger partial charge in [0.15, 0.2) is 0 Å². The number of ether oxygens (including phenoxy) is 1. The van der Waals surface area contributed by atoms with Gasteiger partial charge in [-0.1, -0.05) is 0 Å². The zero-order valence-corrected chi connectivity index (χ0v) is 16.1. The van der Waals surface area contributed by atoms with E-state index >= 15 is 0 Å². The minimum atomic E-state index is -3.90. The Kier molecular flexibility index (Phi) is 5.81. The van der Waals surface area contributed by atoms with Crippen LogP contribution >= 0.6 is 11.3 Å². The van der Waals surface area contributed by atoms with Crippen molar-refractivity contribution >= 4 is 32.7 Å². The highest BCUT2D eigenvalue weighted by Crippen LogP contribution is 2.36. The first-order chi connectivity index (χ1) is 11.7. The number of hydrogen-bond acceptors (Lipinski definition) is 6. The van der Waals surface area contributed by atoms with Crippen LogP contribution in [0.5, 0.6) is 0 Å². The molecule has 25 heavy (non-hydrogen) atoms. The van der Waals surface area contributed by atoms with Crippen LogP contribution in [0.3, 0.4) is 0 Å². The predicted molar refractivity (Wildman–Crippen MR) is 97.9 cm³/mol. The number of benzene rings is 1. The molecule has 7 nitrogen and oxygen atoms in total. The number of nitrogens with zero attached hydrogens (tertiary/aromatic N) is 2. The monoisotopic (exact) mass is 384 g/mol. The van der Waals surface area contributed by atoms with Crippen molar-refractivity contribution in [1.82, 2.24) is 0 Å². The van der Waals surface area contributed by atoms with Crippen LogP contribution in [0.4, 0.5) is 11.4 Å². The van der Waals surface area contributed by atoms with E-state index in [4.69, 9.17) is 4.74 Å². The van der Waals surface area contributed by atoms with E-state index in [1.807, 2.05) is 19.2 Å². The van der Waals surface area contributed by atoms with Crippen molar-refractivity contribution in [3.8, 4) is 0 Å². The second-order valence-electron chi connectivity index (χ2n) is 5.68. The summed E-state index contributed by atoms with van der Waals surface area (Å²) in [4.78, 5) is 11.1. The number of non-ortho nitro benzene ring substituents is 1. The van der Waals surface area contributed by atoms with Crippen molar-refractivity contribution in [2.75, 3.05) is 18.0 Å². The summed E-state index contributed by atoms with van der Waals surface area (Å²) in [5.74, 6) is 0. The molecular formula is C16H20N2O5S2. The topological polar surface area (TPSA) is 89.8 Å². The molecule has 136 valence electrons. The Balaban J connectivity index is 2.57. The van der Waals surface area contributed by atoms with Crippen LogP contribution in [0.2, 0.25) is 0 Å². The van der Waals surface area contributed by atoms with Crippen molar-refractivity contribution < 1.29 is 18.1 Å². The molecule has 0 saturated heterocycles. The fourth-order valence-corrected chi connectivity index (χ4v) is 5.29. The normalized spacial score (nSPS) is 12.8. The minimum Gasteiger partial charge on any atom is -0.383 e. The van der Waals surface area contributed by atoms with Gasteiger partial charge in [-0.2, -0.15) is 0 Å². The first-order valence-electron chi connectivity index (χ1n) is 7.52. The third kappa shape index (κ3) is 3.83. The van der Waals surface area contributed by atoms with Crippen LogP contribution in [0.25, 0.3) is 0 Å². The van der Waals surface area contributed by atoms with E-state index in [9.17, 15) is 18.5 Å². The number of nitro benzene ring substituents is 1. The van der Waals surface area contributed by atoms with E-state index in [-0.39, 0.29) is 17.2 Å². The van der Waals surface area contributed by atoms with Crippen LogP contribution in [-0.2, 0) is 14.8 Å². The van der Waals surface area contributed by atoms with Crippen molar-refractivity contribution in [2.45, 2.75) is 31.7 Å². The number of anilines is 1. The van der Waals surface area contributed by atoms with E-state index in [1.165, 1.54) is 47.0 Å². The minimum absolute atomic E-state index is 0.00560. The molecule has 0 amide bonds. The van der Waals surface area contributed by atoms with E-state index in [0.29, 0.717) is 5.69 Å². The largest absolute Gasteiger partial charge is 0.383 e. The van der Waals surface area contributed by atoms with Gasteiger partial charge >= 0.3 is 0 Å². The molecule has 1 aromatic heterocycles. The molecule has 0 bridgehead atoms. The van der Waals surface area contributed by atoms with Gasteiger partial charge in [0.05, 0.1) is 28.2 Å². The lowest BCUT2D eigenvalue weighted by molar-refractivity contribution is -0.384. The number of rotatable bonds is 7. The fourth-order valence-electron chi connectivity index (χ4n) is 2.63. The molecule has 0 saturated carbocycles. The molecule has 0 aliphatic heterocycles. The first kappa shape index (κ1) is 19.4. The standard InChI is InChI=1S/C16H20N2O5S2/c1-11-10-24-13(3)16(11)17(12(2)9-23-4)25(21,22)15-7-5-14(6-8-15)18(19)20/h5-8,10,12H,9H2,1-4H3/t12-/m0/s1. The number of nitro groups is 1. The summed E-state index contributed by atoms with van der Waals surface area (Å²) in [7, 11) is -2.38. The van der Waals surface area contributed by atoms with Gasteiger partial charge in [0.1, 0.15) is 0 Å². The van der Waals surface area contributed by atoms with Crippen molar-refractivity contribution in [2.24, 2.45) is 0 Å². The van der Waals surface area contributed by atoms with Crippen LogP contribution in [0, 0.1) is 24.0 Å². The van der Waals surface area contributed by atoms with Gasteiger partial charge in [-0.05, 0) is 43.8 Å². The maximum Gasteiger partial charge on any atom is 0.269 e. The number of thiophene rings is 1. The maximum absolute atomic E-state index is 13.2. The Morgan fingerprint density at radius 2 is 1.88 bits per heavy atom. The summed E-state index contributed by atoms with van der Waals surface area (Å²) in [6.45, 7) is 5.71. The molecule has 2 aromatic rings. The molecule has 1 atom stereocenters. The molecular weight excluding hydrogens is 364 g/mol. The van der Waals surface area contributed by atoms with Gasteiger partial charge in [0.2, 0.25) is 0 Å². The zero-order valence-electron chi connectivity index (χ0n) is 14.4. The molecule has 0 radical (unpaired) electrons. The van der Waals surface area contributed by atoms with Crippen molar-refractivity contribution in [1.29, 1.82) is 0 Å². The lowest BCUT2D eigenvalue weighted by atomic mass is 10.2. The highest BCUT2D eigenvalue weighted by Gasteiger charge is 2.32. The SMILES string of the molecule is COC[C@H](C)N(c1c(C)csc1C)S(=O)(=O)c1ccc([N+](=O)[O-])cc1. The Labute approximate surface area is 151 Å². The number of methoxy groups -OCH3 is 1. The molecule has 0 unspecified atom stereocenters. The Morgan fingerprint density at radius 1 is 1.28 bits per heavy atom. The summed E-state index contributed by atoms with van der Waals surface area (Å²) < 4.78 is 33.0. The number of sulfonamides is 1. The van der Waals surface area contributed by atoms with Crippen LogP contribution in [0.15, 0.2) is 34.5 Å². The van der Waals surface area contributed by atoms with Crippen LogP contribution < -0.4 is 4.31 Å². The highest BCUT2D eigenvalue weighted by atomic mass is 32.2. The summed E-state index contributed by atoms with van der Waals surface area (Å²) in [5.41, 5.74) is 1.34. The second kappa shape index (κ2) is 7.51. The van der Waals surface area contributed by atoms with Crippen molar-refractivity contribution in [3.05, 3.63) is 50.2 Å². The molecule has 1 aromatic carbocycles. The average Bonchev–Trinajstić information content (AvgIpc) is 2.87. The first-order valence-corrected chi connectivity index (χ1v) is 9.84. The molecule has 1 heterocycles. The van der Waals surface area contributed by atoms with Gasteiger partial charge in [0.25, 0.3) is 15.7 Å². The summed E-state index contributed by atoms with van der Waals surface area (Å²) in [5, 5.41) is 12.7. The van der Waals surface area contributed by atoms with E-state index in [1.54, 1.807) is 6.92 Å². The van der Waals surface area contributed by atoms with Gasteiger partial charge in [0, 0.05) is 24.1 Å². The molecule has 0 aliphatic carbocycles. The third-order valence-electron chi connectivity index (χ3n) is 3.75. The van der Waals surface area contributed by atoms with Gasteiger partial charge < -0.3 is 4.74 Å². The van der Waals surface area contributed by atoms with Crippen LogP contribution in [-0.4, -0.2) is 33.1 Å². The molecule has 9 heteroatoms. The fraction of sp³-hybridized carbons (Fsp3) is 0.375. The van der Waals surface area contributed by atoms with E-state index in [2.05, 4.69) is 0 Å². The summed E-state index contributed by atoms with van der Waals surface area (Å²) in [6.07, 6.45) is 0. The highest BCUT2D eigenvalue weighted by molar-refractivity contribution is 7.92. The van der Waals surface area contributed by atoms with Gasteiger partial charge in [-0.15, -0.1) is 11.3 Å². The van der Waals surface area contributed by atoms with E-state index in [0.717, 1.165) is 10.4 Å². The molecule has 2 rings (SSSR count). The Morgan fingerprint density at radius 3 is 2.32 bits per heavy atom.